The summed E-state index contributed by atoms with van der Waals surface area (Å²) in [6, 6.07) is 0. The molecule has 0 aromatic carbocycles. The maximum Gasteiger partial charge on any atom is 0.154 e. The highest BCUT2D eigenvalue weighted by atomic mass is 16.6. The predicted octanol–water partition coefficient (Wildman–Crippen LogP) is -0.587. The lowest BCUT2D eigenvalue weighted by atomic mass is 10.0. The molecular formula is C7H15N3O2. The van der Waals surface area contributed by atoms with E-state index in [4.69, 9.17) is 21.1 Å². The van der Waals surface area contributed by atoms with Crippen LogP contribution in [0.5, 0.6) is 0 Å². The first-order valence-corrected chi connectivity index (χ1v) is 4.00. The highest BCUT2D eigenvalue weighted by molar-refractivity contribution is 5.89. The first-order valence-electron chi connectivity index (χ1n) is 4.00. The summed E-state index contributed by atoms with van der Waals surface area (Å²) in [5.74, 6) is 5.42. The summed E-state index contributed by atoms with van der Waals surface area (Å²) in [6.45, 7) is 3.59. The molecule has 5 heteroatoms. The third-order valence-corrected chi connectivity index (χ3v) is 2.01. The van der Waals surface area contributed by atoms with Gasteiger partial charge in [-0.15, -0.1) is 0 Å². The van der Waals surface area contributed by atoms with E-state index in [0.29, 0.717) is 25.7 Å². The zero-order valence-electron chi connectivity index (χ0n) is 7.25. The van der Waals surface area contributed by atoms with Gasteiger partial charge in [0, 0.05) is 13.0 Å². The minimum atomic E-state index is -0.566. The summed E-state index contributed by atoms with van der Waals surface area (Å²) in [6.07, 6.45) is 0.730. The van der Waals surface area contributed by atoms with Crippen LogP contribution >= 0.6 is 0 Å². The Kier molecular flexibility index (Phi) is 2.88. The van der Waals surface area contributed by atoms with Gasteiger partial charge in [-0.05, 0) is 6.92 Å². The van der Waals surface area contributed by atoms with Gasteiger partial charge in [0.1, 0.15) is 0 Å². The van der Waals surface area contributed by atoms with Crippen molar-refractivity contribution in [3.8, 4) is 0 Å². The minimum Gasteiger partial charge on any atom is -0.383 e. The maximum absolute atomic E-state index is 5.62. The van der Waals surface area contributed by atoms with Crippen LogP contribution in [0.3, 0.4) is 0 Å². The van der Waals surface area contributed by atoms with Crippen LogP contribution in [0.2, 0.25) is 0 Å². The molecule has 0 aromatic heterocycles. The van der Waals surface area contributed by atoms with Crippen LogP contribution < -0.4 is 11.6 Å². The van der Waals surface area contributed by atoms with Crippen LogP contribution in [-0.4, -0.2) is 31.3 Å². The Balaban J connectivity index is 2.71. The molecule has 1 saturated heterocycles. The highest BCUT2D eigenvalue weighted by Gasteiger charge is 2.39. The number of ether oxygens (including phenoxy) is 2. The van der Waals surface area contributed by atoms with Crippen molar-refractivity contribution in [2.45, 2.75) is 18.9 Å². The molecule has 1 heterocycles. The molecule has 0 aromatic rings. The molecule has 0 spiro atoms. The first-order chi connectivity index (χ1) is 5.75. The summed E-state index contributed by atoms with van der Waals surface area (Å²) in [5.41, 5.74) is 5.05. The van der Waals surface area contributed by atoms with E-state index in [1.165, 1.54) is 0 Å². The lowest BCUT2D eigenvalue weighted by Crippen LogP contribution is -2.47. The van der Waals surface area contributed by atoms with Gasteiger partial charge in [0.15, 0.2) is 11.4 Å². The quantitative estimate of drug-likeness (QED) is 0.259. The van der Waals surface area contributed by atoms with E-state index in [1.807, 2.05) is 6.92 Å². The molecule has 12 heavy (non-hydrogen) atoms. The van der Waals surface area contributed by atoms with Gasteiger partial charge in [0.2, 0.25) is 0 Å². The largest absolute Gasteiger partial charge is 0.383 e. The van der Waals surface area contributed by atoms with Crippen molar-refractivity contribution >= 4 is 5.84 Å². The predicted molar refractivity (Wildman–Crippen MR) is 45.6 cm³/mol. The van der Waals surface area contributed by atoms with E-state index in [1.54, 1.807) is 0 Å². The van der Waals surface area contributed by atoms with Crippen molar-refractivity contribution in [2.24, 2.45) is 16.7 Å². The molecule has 1 atom stereocenters. The zero-order valence-corrected chi connectivity index (χ0v) is 7.25. The first kappa shape index (κ1) is 9.28. The molecule has 1 fully saturated rings. The fourth-order valence-electron chi connectivity index (χ4n) is 1.33. The van der Waals surface area contributed by atoms with Gasteiger partial charge in [-0.1, -0.05) is 0 Å². The minimum absolute atomic E-state index is 0.321. The Hall–Kier alpha value is -0.810. The van der Waals surface area contributed by atoms with E-state index in [2.05, 4.69) is 5.10 Å². The highest BCUT2D eigenvalue weighted by Crippen LogP contribution is 2.23. The summed E-state index contributed by atoms with van der Waals surface area (Å²) in [5, 5.41) is 3.45. The molecule has 0 amide bonds. The zero-order chi connectivity index (χ0) is 9.03. The number of hydrazone groups is 1. The molecule has 1 rings (SSSR count). The Morgan fingerprint density at radius 3 is 2.92 bits per heavy atom. The lowest BCUT2D eigenvalue weighted by Gasteiger charge is -2.25. The van der Waals surface area contributed by atoms with Gasteiger partial charge in [-0.3, -0.25) is 0 Å². The maximum atomic E-state index is 5.62. The SMILES string of the molecule is CCOC1(/C(N)=N\N)CCOC1. The molecule has 0 aliphatic carbocycles. The summed E-state index contributed by atoms with van der Waals surface area (Å²) in [4.78, 5) is 0. The molecule has 0 saturated carbocycles. The van der Waals surface area contributed by atoms with Gasteiger partial charge < -0.3 is 21.1 Å². The number of nitrogens with two attached hydrogens (primary N) is 2. The molecule has 0 bridgehead atoms. The summed E-state index contributed by atoms with van der Waals surface area (Å²) >= 11 is 0. The normalized spacial score (nSPS) is 30.9. The van der Waals surface area contributed by atoms with Gasteiger partial charge in [-0.25, -0.2) is 0 Å². The molecule has 1 aliphatic heterocycles. The number of hydrogen-bond donors (Lipinski definition) is 2. The van der Waals surface area contributed by atoms with Crippen LogP contribution in [0.15, 0.2) is 5.10 Å². The van der Waals surface area contributed by atoms with Gasteiger partial charge in [0.25, 0.3) is 0 Å². The van der Waals surface area contributed by atoms with E-state index in [0.717, 1.165) is 6.42 Å². The van der Waals surface area contributed by atoms with Gasteiger partial charge in [0.05, 0.1) is 13.2 Å². The molecule has 4 N–H and O–H groups in total. The summed E-state index contributed by atoms with van der Waals surface area (Å²) < 4.78 is 10.7. The molecule has 1 unspecified atom stereocenters. The average molecular weight is 173 g/mol. The number of amidine groups is 1. The van der Waals surface area contributed by atoms with Crippen molar-refractivity contribution < 1.29 is 9.47 Å². The van der Waals surface area contributed by atoms with E-state index in [9.17, 15) is 0 Å². The average Bonchev–Trinajstić information content (AvgIpc) is 2.53. The molecule has 70 valence electrons. The second kappa shape index (κ2) is 3.73. The monoisotopic (exact) mass is 173 g/mol. The van der Waals surface area contributed by atoms with Crippen LogP contribution in [0.1, 0.15) is 13.3 Å². The number of nitrogens with zero attached hydrogens (tertiary/aromatic N) is 1. The smallest absolute Gasteiger partial charge is 0.154 e. The summed E-state index contributed by atoms with van der Waals surface area (Å²) in [7, 11) is 0. The van der Waals surface area contributed by atoms with Crippen molar-refractivity contribution in [2.75, 3.05) is 19.8 Å². The number of hydrogen-bond acceptors (Lipinski definition) is 4. The lowest BCUT2D eigenvalue weighted by molar-refractivity contribution is 0.00660. The van der Waals surface area contributed by atoms with Crippen LogP contribution in [0, 0.1) is 0 Å². The Labute approximate surface area is 71.7 Å². The van der Waals surface area contributed by atoms with E-state index in [-0.39, 0.29) is 0 Å². The molecule has 0 radical (unpaired) electrons. The van der Waals surface area contributed by atoms with Crippen LogP contribution in [-0.2, 0) is 9.47 Å². The Morgan fingerprint density at radius 1 is 1.75 bits per heavy atom. The Morgan fingerprint density at radius 2 is 2.50 bits per heavy atom. The Bertz CT molecular complexity index is 175. The molecule has 1 aliphatic rings. The second-order valence-electron chi connectivity index (χ2n) is 2.74. The van der Waals surface area contributed by atoms with Crippen molar-refractivity contribution in [1.82, 2.24) is 0 Å². The molecule has 5 nitrogen and oxygen atoms in total. The van der Waals surface area contributed by atoms with Crippen molar-refractivity contribution in [3.63, 3.8) is 0 Å². The van der Waals surface area contributed by atoms with Crippen molar-refractivity contribution in [1.29, 1.82) is 0 Å². The van der Waals surface area contributed by atoms with Crippen molar-refractivity contribution in [3.05, 3.63) is 0 Å². The standard InChI is InChI=1S/C7H15N3O2/c1-2-12-7(6(8)10-9)3-4-11-5-7/h2-5,9H2,1H3,(H2,8,10). The van der Waals surface area contributed by atoms with E-state index < -0.39 is 5.60 Å². The topological polar surface area (TPSA) is 82.9 Å². The molecular weight excluding hydrogens is 158 g/mol. The van der Waals surface area contributed by atoms with Gasteiger partial charge >= 0.3 is 0 Å². The van der Waals surface area contributed by atoms with Crippen LogP contribution in [0.25, 0.3) is 0 Å². The van der Waals surface area contributed by atoms with E-state index >= 15 is 0 Å². The van der Waals surface area contributed by atoms with Crippen LogP contribution in [0.4, 0.5) is 0 Å². The third kappa shape index (κ3) is 1.51. The fraction of sp³-hybridized carbons (Fsp3) is 0.857. The second-order valence-corrected chi connectivity index (χ2v) is 2.74. The van der Waals surface area contributed by atoms with Gasteiger partial charge in [-0.2, -0.15) is 5.10 Å². The fourth-order valence-corrected chi connectivity index (χ4v) is 1.33. The third-order valence-electron chi connectivity index (χ3n) is 2.01. The number of rotatable bonds is 3.